The van der Waals surface area contributed by atoms with Gasteiger partial charge in [0.05, 0.1) is 11.1 Å². The SMILES string of the molecule is C[C@H](c1c(Cl)ccc(F)c1Cl)[C@@H]1CNCC(Cl)=N1. The summed E-state index contributed by atoms with van der Waals surface area (Å²) in [5.74, 6) is -0.580. The lowest BCUT2D eigenvalue weighted by atomic mass is 9.92. The van der Waals surface area contributed by atoms with E-state index in [-0.39, 0.29) is 17.0 Å². The summed E-state index contributed by atoms with van der Waals surface area (Å²) in [5, 5.41) is 4.17. The van der Waals surface area contributed by atoms with Gasteiger partial charge in [-0.05, 0) is 17.7 Å². The predicted molar refractivity (Wildman–Crippen MR) is 74.8 cm³/mol. The van der Waals surface area contributed by atoms with Crippen molar-refractivity contribution in [2.45, 2.75) is 18.9 Å². The fourth-order valence-electron chi connectivity index (χ4n) is 2.04. The van der Waals surface area contributed by atoms with Gasteiger partial charge in [0.15, 0.2) is 0 Å². The molecular weight excluding hydrogens is 298 g/mol. The second kappa shape index (κ2) is 5.74. The summed E-state index contributed by atoms with van der Waals surface area (Å²) in [7, 11) is 0. The highest BCUT2D eigenvalue weighted by atomic mass is 35.5. The Balaban J connectivity index is 2.37. The van der Waals surface area contributed by atoms with Crippen molar-refractivity contribution in [1.29, 1.82) is 0 Å². The van der Waals surface area contributed by atoms with Crippen LogP contribution >= 0.6 is 34.8 Å². The van der Waals surface area contributed by atoms with E-state index in [1.165, 1.54) is 12.1 Å². The minimum Gasteiger partial charge on any atom is -0.308 e. The Morgan fingerprint density at radius 3 is 2.78 bits per heavy atom. The van der Waals surface area contributed by atoms with Gasteiger partial charge in [0.1, 0.15) is 11.0 Å². The van der Waals surface area contributed by atoms with E-state index < -0.39 is 5.82 Å². The molecular formula is C12H12Cl3FN2. The lowest BCUT2D eigenvalue weighted by molar-refractivity contribution is 0.514. The lowest BCUT2D eigenvalue weighted by Gasteiger charge is -2.26. The van der Waals surface area contributed by atoms with Crippen LogP contribution in [0.5, 0.6) is 0 Å². The van der Waals surface area contributed by atoms with Gasteiger partial charge in [0.2, 0.25) is 0 Å². The van der Waals surface area contributed by atoms with E-state index >= 15 is 0 Å². The fourth-order valence-corrected chi connectivity index (χ4v) is 2.97. The molecule has 0 aliphatic carbocycles. The summed E-state index contributed by atoms with van der Waals surface area (Å²) in [4.78, 5) is 4.35. The quantitative estimate of drug-likeness (QED) is 0.825. The van der Waals surface area contributed by atoms with Gasteiger partial charge in [-0.3, -0.25) is 4.99 Å². The second-order valence-corrected chi connectivity index (χ2v) is 5.47. The summed E-state index contributed by atoms with van der Waals surface area (Å²) in [6.45, 7) is 3.15. The monoisotopic (exact) mass is 308 g/mol. The largest absolute Gasteiger partial charge is 0.308 e. The van der Waals surface area contributed by atoms with Crippen molar-refractivity contribution < 1.29 is 4.39 Å². The Labute approximate surface area is 120 Å². The van der Waals surface area contributed by atoms with Crippen LogP contribution in [0.1, 0.15) is 18.4 Å². The standard InChI is InChI=1S/C12H12Cl3FN2/c1-6(9-4-17-5-10(14)18-9)11-7(13)2-3-8(16)12(11)15/h2-3,6,9,17H,4-5H2,1H3/t6-,9-/m0/s1. The summed E-state index contributed by atoms with van der Waals surface area (Å²) >= 11 is 18.0. The highest BCUT2D eigenvalue weighted by Gasteiger charge is 2.26. The van der Waals surface area contributed by atoms with E-state index in [1.54, 1.807) is 0 Å². The molecule has 0 saturated heterocycles. The maximum absolute atomic E-state index is 13.5. The van der Waals surface area contributed by atoms with Crippen molar-refractivity contribution >= 4 is 40.0 Å². The van der Waals surface area contributed by atoms with Gasteiger partial charge in [-0.2, -0.15) is 0 Å². The molecule has 1 aromatic carbocycles. The van der Waals surface area contributed by atoms with Crippen molar-refractivity contribution in [3.05, 3.63) is 33.6 Å². The molecule has 0 fully saturated rings. The van der Waals surface area contributed by atoms with Crippen LogP contribution in [0.3, 0.4) is 0 Å². The number of halogens is 4. The molecule has 2 rings (SSSR count). The third-order valence-corrected chi connectivity index (χ3v) is 3.99. The number of aliphatic imine (C=N–C) groups is 1. The van der Waals surface area contributed by atoms with Crippen LogP contribution in [0.2, 0.25) is 10.0 Å². The molecule has 1 heterocycles. The zero-order valence-corrected chi connectivity index (χ0v) is 12.0. The first kappa shape index (κ1) is 14.1. The molecule has 98 valence electrons. The lowest BCUT2D eigenvalue weighted by Crippen LogP contribution is -2.37. The molecule has 1 N–H and O–H groups in total. The average molecular weight is 310 g/mol. The van der Waals surface area contributed by atoms with Crippen molar-refractivity contribution in [3.63, 3.8) is 0 Å². The smallest absolute Gasteiger partial charge is 0.142 e. The van der Waals surface area contributed by atoms with Crippen molar-refractivity contribution in [1.82, 2.24) is 5.32 Å². The van der Waals surface area contributed by atoms with Gasteiger partial charge in [-0.15, -0.1) is 0 Å². The Morgan fingerprint density at radius 1 is 1.39 bits per heavy atom. The van der Waals surface area contributed by atoms with Crippen LogP contribution in [-0.2, 0) is 0 Å². The van der Waals surface area contributed by atoms with E-state index in [1.807, 2.05) is 6.92 Å². The average Bonchev–Trinajstić information content (AvgIpc) is 2.34. The van der Waals surface area contributed by atoms with Crippen LogP contribution in [0.25, 0.3) is 0 Å². The third kappa shape index (κ3) is 2.80. The Morgan fingerprint density at radius 2 is 2.11 bits per heavy atom. The maximum Gasteiger partial charge on any atom is 0.142 e. The highest BCUT2D eigenvalue weighted by molar-refractivity contribution is 6.66. The minimum absolute atomic E-state index is 0.0619. The molecule has 6 heteroatoms. The Kier molecular flexibility index (Phi) is 4.49. The van der Waals surface area contributed by atoms with Gasteiger partial charge >= 0.3 is 0 Å². The first-order valence-electron chi connectivity index (χ1n) is 5.57. The first-order chi connectivity index (χ1) is 8.50. The number of hydrogen-bond donors (Lipinski definition) is 1. The predicted octanol–water partition coefficient (Wildman–Crippen LogP) is 3.85. The van der Waals surface area contributed by atoms with Gasteiger partial charge in [-0.25, -0.2) is 4.39 Å². The Hall–Kier alpha value is -0.350. The van der Waals surface area contributed by atoms with Crippen LogP contribution in [-0.4, -0.2) is 24.3 Å². The molecule has 0 radical (unpaired) electrons. The fraction of sp³-hybridized carbons (Fsp3) is 0.417. The number of nitrogens with zero attached hydrogens (tertiary/aromatic N) is 1. The molecule has 0 spiro atoms. The van der Waals surface area contributed by atoms with Crippen molar-refractivity contribution in [2.24, 2.45) is 4.99 Å². The molecule has 0 unspecified atom stereocenters. The molecule has 2 nitrogen and oxygen atoms in total. The molecule has 2 atom stereocenters. The number of nitrogens with one attached hydrogen (secondary N) is 1. The van der Waals surface area contributed by atoms with E-state index in [0.29, 0.717) is 28.8 Å². The van der Waals surface area contributed by atoms with Gasteiger partial charge < -0.3 is 5.32 Å². The van der Waals surface area contributed by atoms with Crippen LogP contribution in [0.15, 0.2) is 17.1 Å². The molecule has 0 aromatic heterocycles. The van der Waals surface area contributed by atoms with E-state index in [4.69, 9.17) is 34.8 Å². The highest BCUT2D eigenvalue weighted by Crippen LogP contribution is 2.36. The number of hydrogen-bond acceptors (Lipinski definition) is 2. The zero-order chi connectivity index (χ0) is 13.3. The molecule has 0 saturated carbocycles. The number of rotatable bonds is 2. The number of benzene rings is 1. The molecule has 0 amide bonds. The molecule has 1 aliphatic rings. The van der Waals surface area contributed by atoms with Gasteiger partial charge in [-0.1, -0.05) is 41.7 Å². The Bertz CT molecular complexity index is 490. The van der Waals surface area contributed by atoms with Crippen LogP contribution in [0.4, 0.5) is 4.39 Å². The van der Waals surface area contributed by atoms with Crippen LogP contribution in [0, 0.1) is 5.82 Å². The van der Waals surface area contributed by atoms with Crippen molar-refractivity contribution in [2.75, 3.05) is 13.1 Å². The van der Waals surface area contributed by atoms with E-state index in [0.717, 1.165) is 0 Å². The third-order valence-electron chi connectivity index (χ3n) is 3.04. The zero-order valence-electron chi connectivity index (χ0n) is 9.68. The summed E-state index contributed by atoms with van der Waals surface area (Å²) < 4.78 is 13.5. The summed E-state index contributed by atoms with van der Waals surface area (Å²) in [6, 6.07) is 2.68. The normalized spacial score (nSPS) is 21.6. The maximum atomic E-state index is 13.5. The second-order valence-electron chi connectivity index (χ2n) is 4.25. The summed E-state index contributed by atoms with van der Waals surface area (Å²) in [6.07, 6.45) is 0. The molecule has 0 bridgehead atoms. The summed E-state index contributed by atoms with van der Waals surface area (Å²) in [5.41, 5.74) is 0.584. The molecule has 1 aliphatic heterocycles. The topological polar surface area (TPSA) is 24.4 Å². The van der Waals surface area contributed by atoms with Gasteiger partial charge in [0, 0.05) is 24.0 Å². The van der Waals surface area contributed by atoms with E-state index in [9.17, 15) is 4.39 Å². The molecule has 1 aromatic rings. The van der Waals surface area contributed by atoms with Crippen molar-refractivity contribution in [3.8, 4) is 0 Å². The van der Waals surface area contributed by atoms with Gasteiger partial charge in [0.25, 0.3) is 0 Å². The van der Waals surface area contributed by atoms with Crippen LogP contribution < -0.4 is 5.32 Å². The van der Waals surface area contributed by atoms with E-state index in [2.05, 4.69) is 10.3 Å². The minimum atomic E-state index is -0.471. The first-order valence-corrected chi connectivity index (χ1v) is 6.70. The molecule has 18 heavy (non-hydrogen) atoms.